The Morgan fingerprint density at radius 3 is 1.90 bits per heavy atom. The van der Waals surface area contributed by atoms with E-state index in [9.17, 15) is 0 Å². The quantitative estimate of drug-likeness (QED) is 0.596. The minimum absolute atomic E-state index is 0.0373. The van der Waals surface area contributed by atoms with Crippen LogP contribution >= 0.6 is 0 Å². The molecule has 0 saturated heterocycles. The van der Waals surface area contributed by atoms with Crippen LogP contribution in [0.3, 0.4) is 0 Å². The van der Waals surface area contributed by atoms with Gasteiger partial charge in [0.1, 0.15) is 5.75 Å². The summed E-state index contributed by atoms with van der Waals surface area (Å²) in [7, 11) is 0. The van der Waals surface area contributed by atoms with Crippen LogP contribution in [-0.4, -0.2) is 40.0 Å². The van der Waals surface area contributed by atoms with Gasteiger partial charge in [-0.3, -0.25) is 0 Å². The molecule has 0 aliphatic heterocycles. The molecule has 112 valence electrons. The van der Waals surface area contributed by atoms with Gasteiger partial charge in [0.15, 0.2) is 0 Å². The van der Waals surface area contributed by atoms with E-state index >= 15 is 0 Å². The smallest absolute Gasteiger partial charge is 0.414 e. The molecule has 0 radical (unpaired) electrons. The fourth-order valence-corrected chi connectivity index (χ4v) is 1.17. The molecule has 0 fully saturated rings. The van der Waals surface area contributed by atoms with Crippen LogP contribution in [0.2, 0.25) is 0 Å². The molecule has 0 aliphatic rings. The molecule has 7 heteroatoms. The molecule has 20 heavy (non-hydrogen) atoms. The molecule has 1 aromatic rings. The Labute approximate surface area is 116 Å². The summed E-state index contributed by atoms with van der Waals surface area (Å²) in [6, 6.07) is 7.18. The van der Waals surface area contributed by atoms with Crippen molar-refractivity contribution in [2.24, 2.45) is 5.73 Å². The number of aliphatic hydroxyl groups excluding tert-OH is 1. The predicted octanol–water partition coefficient (Wildman–Crippen LogP) is 0.621. The van der Waals surface area contributed by atoms with E-state index in [1.165, 1.54) is 0 Å². The highest BCUT2D eigenvalue weighted by atomic mass is 16.5. The molecule has 0 saturated carbocycles. The summed E-state index contributed by atoms with van der Waals surface area (Å²) in [6.07, 6.45) is 0.173. The highest BCUT2D eigenvalue weighted by Crippen LogP contribution is 2.17. The summed E-state index contributed by atoms with van der Waals surface area (Å²) in [5.41, 5.74) is 6.57. The second-order valence-electron chi connectivity index (χ2n) is 4.14. The zero-order valence-corrected chi connectivity index (χ0v) is 11.3. The van der Waals surface area contributed by atoms with Gasteiger partial charge in [0.25, 0.3) is 0 Å². The first kappa shape index (κ1) is 17.9. The number of ether oxygens (including phenoxy) is 1. The zero-order valence-electron chi connectivity index (χ0n) is 11.3. The number of hydrogen-bond acceptors (Lipinski definition) is 5. The average molecular weight is 285 g/mol. The van der Waals surface area contributed by atoms with E-state index < -0.39 is 11.9 Å². The second kappa shape index (κ2) is 8.89. The van der Waals surface area contributed by atoms with Gasteiger partial charge in [-0.1, -0.05) is 12.1 Å². The first-order chi connectivity index (χ1) is 9.27. The predicted molar refractivity (Wildman–Crippen MR) is 71.5 cm³/mol. The summed E-state index contributed by atoms with van der Waals surface area (Å²) in [5, 5.41) is 23.6. The fourth-order valence-electron chi connectivity index (χ4n) is 1.17. The van der Waals surface area contributed by atoms with E-state index in [-0.39, 0.29) is 18.8 Å². The normalized spacial score (nSPS) is 11.2. The van der Waals surface area contributed by atoms with Crippen molar-refractivity contribution >= 4 is 11.9 Å². The Bertz CT molecular complexity index is 417. The molecule has 5 N–H and O–H groups in total. The van der Waals surface area contributed by atoms with Gasteiger partial charge in [-0.25, -0.2) is 9.59 Å². The lowest BCUT2D eigenvalue weighted by atomic mass is 10.1. The van der Waals surface area contributed by atoms with Crippen LogP contribution in [0.5, 0.6) is 5.75 Å². The molecular weight excluding hydrogens is 266 g/mol. The van der Waals surface area contributed by atoms with Crippen molar-refractivity contribution in [1.29, 1.82) is 0 Å². The van der Waals surface area contributed by atoms with E-state index in [0.717, 1.165) is 11.3 Å². The number of aliphatic carboxylic acids is 2. The van der Waals surface area contributed by atoms with Crippen molar-refractivity contribution in [3.05, 3.63) is 29.8 Å². The summed E-state index contributed by atoms with van der Waals surface area (Å²) in [6.45, 7) is 3.92. The Morgan fingerprint density at radius 2 is 1.60 bits per heavy atom. The molecule has 0 heterocycles. The minimum Gasteiger partial charge on any atom is -0.491 e. The fraction of sp³-hybridized carbons (Fsp3) is 0.385. The van der Waals surface area contributed by atoms with Gasteiger partial charge in [-0.15, -0.1) is 0 Å². The molecule has 7 nitrogen and oxygen atoms in total. The third-order valence-electron chi connectivity index (χ3n) is 2.06. The summed E-state index contributed by atoms with van der Waals surface area (Å²) >= 11 is 0. The van der Waals surface area contributed by atoms with Gasteiger partial charge in [0, 0.05) is 0 Å². The Morgan fingerprint density at radius 1 is 1.15 bits per heavy atom. The minimum atomic E-state index is -1.82. The molecule has 1 aromatic carbocycles. The number of carboxylic acids is 2. The standard InChI is InChI=1S/C11H17NO2.C2H2O4/c1-8(2)14-10-5-3-9(4-6-10)11(12)7-13;3-1(4)2(5)6/h3-6,8,11,13H,7,12H2,1-2H3;(H,3,4)(H,5,6). The number of nitrogens with two attached hydrogens (primary N) is 1. The maximum absolute atomic E-state index is 9.10. The summed E-state index contributed by atoms with van der Waals surface area (Å²) in [5.74, 6) is -2.82. The van der Waals surface area contributed by atoms with Crippen LogP contribution in [0, 0.1) is 0 Å². The SMILES string of the molecule is CC(C)Oc1ccc(C(N)CO)cc1.O=C(O)C(=O)O. The van der Waals surface area contributed by atoms with Crippen LogP contribution < -0.4 is 10.5 Å². The van der Waals surface area contributed by atoms with E-state index in [1.807, 2.05) is 38.1 Å². The van der Waals surface area contributed by atoms with Crippen molar-refractivity contribution in [3.8, 4) is 5.75 Å². The second-order valence-corrected chi connectivity index (χ2v) is 4.14. The van der Waals surface area contributed by atoms with Crippen molar-refractivity contribution in [1.82, 2.24) is 0 Å². The lowest BCUT2D eigenvalue weighted by molar-refractivity contribution is -0.159. The van der Waals surface area contributed by atoms with Crippen molar-refractivity contribution in [2.45, 2.75) is 26.0 Å². The molecule has 0 aliphatic carbocycles. The number of rotatable bonds is 4. The lowest BCUT2D eigenvalue weighted by Gasteiger charge is -2.12. The number of aliphatic hydroxyl groups is 1. The number of benzene rings is 1. The Hall–Kier alpha value is -2.12. The summed E-state index contributed by atoms with van der Waals surface area (Å²) in [4.78, 5) is 18.2. The van der Waals surface area contributed by atoms with Crippen LogP contribution in [0.15, 0.2) is 24.3 Å². The van der Waals surface area contributed by atoms with E-state index in [2.05, 4.69) is 0 Å². The van der Waals surface area contributed by atoms with Gasteiger partial charge in [-0.05, 0) is 31.5 Å². The maximum Gasteiger partial charge on any atom is 0.414 e. The molecular formula is C13H19NO6. The molecule has 0 amide bonds. The van der Waals surface area contributed by atoms with Gasteiger partial charge in [-0.2, -0.15) is 0 Å². The zero-order chi connectivity index (χ0) is 15.7. The number of hydrogen-bond donors (Lipinski definition) is 4. The Balaban J connectivity index is 0.000000511. The highest BCUT2D eigenvalue weighted by Gasteiger charge is 2.04. The highest BCUT2D eigenvalue weighted by molar-refractivity contribution is 6.27. The number of carboxylic acid groups (broad SMARTS) is 2. The first-order valence-electron chi connectivity index (χ1n) is 5.87. The van der Waals surface area contributed by atoms with E-state index in [4.69, 9.17) is 35.4 Å². The summed E-state index contributed by atoms with van der Waals surface area (Å²) < 4.78 is 5.48. The first-order valence-corrected chi connectivity index (χ1v) is 5.87. The molecule has 0 aromatic heterocycles. The van der Waals surface area contributed by atoms with Crippen molar-refractivity contribution in [3.63, 3.8) is 0 Å². The van der Waals surface area contributed by atoms with Crippen LogP contribution in [0.1, 0.15) is 25.5 Å². The van der Waals surface area contributed by atoms with Gasteiger partial charge in [0.05, 0.1) is 18.8 Å². The van der Waals surface area contributed by atoms with Gasteiger partial charge < -0.3 is 25.8 Å². The van der Waals surface area contributed by atoms with Crippen LogP contribution in [0.4, 0.5) is 0 Å². The van der Waals surface area contributed by atoms with Crippen molar-refractivity contribution < 1.29 is 29.6 Å². The average Bonchev–Trinajstić information content (AvgIpc) is 2.38. The molecule has 1 unspecified atom stereocenters. The maximum atomic E-state index is 9.10. The monoisotopic (exact) mass is 285 g/mol. The van der Waals surface area contributed by atoms with Crippen molar-refractivity contribution in [2.75, 3.05) is 6.61 Å². The molecule has 0 spiro atoms. The molecule has 1 atom stereocenters. The molecule has 1 rings (SSSR count). The largest absolute Gasteiger partial charge is 0.491 e. The van der Waals surface area contributed by atoms with E-state index in [0.29, 0.717) is 0 Å². The van der Waals surface area contributed by atoms with Gasteiger partial charge in [0.2, 0.25) is 0 Å². The third-order valence-corrected chi connectivity index (χ3v) is 2.06. The van der Waals surface area contributed by atoms with Crippen LogP contribution in [0.25, 0.3) is 0 Å². The third kappa shape index (κ3) is 7.34. The lowest BCUT2D eigenvalue weighted by Crippen LogP contribution is -2.14. The number of carbonyl (C=O) groups is 2. The molecule has 0 bridgehead atoms. The van der Waals surface area contributed by atoms with E-state index in [1.54, 1.807) is 0 Å². The Kier molecular flexibility index (Phi) is 7.95. The topological polar surface area (TPSA) is 130 Å². The van der Waals surface area contributed by atoms with Crippen LogP contribution in [-0.2, 0) is 9.59 Å². The van der Waals surface area contributed by atoms with Gasteiger partial charge >= 0.3 is 11.9 Å².